The Morgan fingerprint density at radius 1 is 0.795 bits per heavy atom. The first-order chi connectivity index (χ1) is 20.8. The minimum atomic E-state index is -1.74. The fourth-order valence-corrected chi connectivity index (χ4v) is 4.66. The minimum absolute atomic E-state index is 0.0754. The number of benzene rings is 2. The molecule has 2 heterocycles. The van der Waals surface area contributed by atoms with Gasteiger partial charge < -0.3 is 69.6 Å². The van der Waals surface area contributed by atoms with E-state index in [4.69, 9.17) is 23.7 Å². The molecular formula is C29H36O15. The number of phenols is 4. The van der Waals surface area contributed by atoms with Gasteiger partial charge in [-0.15, -0.1) is 0 Å². The van der Waals surface area contributed by atoms with Gasteiger partial charge in [0.25, 0.3) is 0 Å². The van der Waals surface area contributed by atoms with Crippen LogP contribution in [0.1, 0.15) is 18.1 Å². The molecule has 4 rings (SSSR count). The lowest BCUT2D eigenvalue weighted by molar-refractivity contribution is -0.357. The highest BCUT2D eigenvalue weighted by atomic mass is 16.7. The smallest absolute Gasteiger partial charge is 0.330 e. The summed E-state index contributed by atoms with van der Waals surface area (Å²) in [6.07, 6.45) is -12.5. The summed E-state index contributed by atoms with van der Waals surface area (Å²) in [6, 6.07) is 8.05. The number of hydrogen-bond donors (Lipinski definition) is 9. The second-order valence-corrected chi connectivity index (χ2v) is 10.5. The van der Waals surface area contributed by atoms with Gasteiger partial charge in [-0.3, -0.25) is 0 Å². The topological polar surface area (TPSA) is 245 Å². The molecule has 0 bridgehead atoms. The van der Waals surface area contributed by atoms with Crippen LogP contribution in [0.15, 0.2) is 42.5 Å². The maximum Gasteiger partial charge on any atom is 0.330 e. The normalized spacial score (nSPS) is 32.5. The number of phenolic OH excluding ortho intramolecular Hbond substituents is 4. The van der Waals surface area contributed by atoms with Crippen LogP contribution in [-0.2, 0) is 34.9 Å². The Balaban J connectivity index is 1.44. The van der Waals surface area contributed by atoms with Crippen LogP contribution >= 0.6 is 0 Å². The number of hydrogen-bond acceptors (Lipinski definition) is 15. The van der Waals surface area contributed by atoms with Crippen molar-refractivity contribution < 1.29 is 74.4 Å². The van der Waals surface area contributed by atoms with Crippen LogP contribution in [0.4, 0.5) is 0 Å². The van der Waals surface area contributed by atoms with E-state index >= 15 is 0 Å². The van der Waals surface area contributed by atoms with E-state index in [1.54, 1.807) is 6.07 Å². The molecule has 15 heteroatoms. The number of esters is 1. The van der Waals surface area contributed by atoms with Crippen molar-refractivity contribution in [2.24, 2.45) is 0 Å². The molecule has 2 saturated heterocycles. The van der Waals surface area contributed by atoms with E-state index < -0.39 is 74.0 Å². The van der Waals surface area contributed by atoms with Crippen molar-refractivity contribution in [2.45, 2.75) is 74.8 Å². The summed E-state index contributed by atoms with van der Waals surface area (Å²) in [5.74, 6) is -2.23. The van der Waals surface area contributed by atoms with Crippen molar-refractivity contribution in [3.8, 4) is 23.0 Å². The monoisotopic (exact) mass is 624 g/mol. The van der Waals surface area contributed by atoms with Crippen molar-refractivity contribution in [3.63, 3.8) is 0 Å². The number of aliphatic hydroxyl groups is 5. The molecule has 0 radical (unpaired) electrons. The third-order valence-corrected chi connectivity index (χ3v) is 7.26. The molecule has 0 aliphatic carbocycles. The summed E-state index contributed by atoms with van der Waals surface area (Å²) in [5.41, 5.74) is 0.962. The van der Waals surface area contributed by atoms with Gasteiger partial charge >= 0.3 is 5.97 Å². The molecule has 0 spiro atoms. The Hall–Kier alpha value is -3.51. The number of carbonyl (C=O) groups is 1. The van der Waals surface area contributed by atoms with Gasteiger partial charge in [0, 0.05) is 6.08 Å². The van der Waals surface area contributed by atoms with E-state index in [1.807, 2.05) is 0 Å². The summed E-state index contributed by atoms with van der Waals surface area (Å²) >= 11 is 0. The Kier molecular flexibility index (Phi) is 11.0. The zero-order valence-electron chi connectivity index (χ0n) is 23.5. The standard InChI is InChI=1S/C29H36O15/c1-13-22(35)24(37)25(38)29(42-13)44-27-23(36)20(12-41-21(34)7-4-14-2-5-16(30)18(32)10-14)43-28(26(27)39)40-9-8-15-3-6-17(31)19(33)11-15/h2-7,10-11,13,20,22-33,35-39H,8-9,12H2,1H3/t13-,20+,22-,23+,24+,25+,26+,27-,28+,29-/m0/s1. The minimum Gasteiger partial charge on any atom is -0.504 e. The molecule has 0 aromatic heterocycles. The number of rotatable bonds is 10. The molecule has 10 atom stereocenters. The molecular weight excluding hydrogens is 588 g/mol. The number of aromatic hydroxyl groups is 4. The average Bonchev–Trinajstić information content (AvgIpc) is 2.99. The zero-order valence-corrected chi connectivity index (χ0v) is 23.5. The van der Waals surface area contributed by atoms with E-state index in [-0.39, 0.29) is 36.0 Å². The lowest BCUT2D eigenvalue weighted by Crippen LogP contribution is -2.64. The molecule has 9 N–H and O–H groups in total. The lowest BCUT2D eigenvalue weighted by atomic mass is 9.97. The van der Waals surface area contributed by atoms with Gasteiger partial charge in [0.05, 0.1) is 12.7 Å². The van der Waals surface area contributed by atoms with Crippen LogP contribution in [0, 0.1) is 0 Å². The Bertz CT molecular complexity index is 1300. The van der Waals surface area contributed by atoms with Crippen LogP contribution < -0.4 is 0 Å². The quantitative estimate of drug-likeness (QED) is 0.0873. The van der Waals surface area contributed by atoms with Gasteiger partial charge in [0.1, 0.15) is 49.3 Å². The fourth-order valence-electron chi connectivity index (χ4n) is 4.66. The van der Waals surface area contributed by atoms with E-state index in [2.05, 4.69) is 0 Å². The Labute approximate surface area is 251 Å². The van der Waals surface area contributed by atoms with Crippen molar-refractivity contribution >= 4 is 12.0 Å². The van der Waals surface area contributed by atoms with Crippen molar-refractivity contribution in [2.75, 3.05) is 13.2 Å². The molecule has 242 valence electrons. The predicted molar refractivity (Wildman–Crippen MR) is 147 cm³/mol. The van der Waals surface area contributed by atoms with Crippen molar-refractivity contribution in [3.05, 3.63) is 53.6 Å². The first-order valence-electron chi connectivity index (χ1n) is 13.7. The molecule has 0 saturated carbocycles. The second kappa shape index (κ2) is 14.5. The molecule has 0 unspecified atom stereocenters. The van der Waals surface area contributed by atoms with Gasteiger partial charge in [0.15, 0.2) is 35.6 Å². The van der Waals surface area contributed by atoms with Crippen molar-refractivity contribution in [1.29, 1.82) is 0 Å². The Morgan fingerprint density at radius 2 is 1.48 bits per heavy atom. The second-order valence-electron chi connectivity index (χ2n) is 10.5. The molecule has 44 heavy (non-hydrogen) atoms. The van der Waals surface area contributed by atoms with Gasteiger partial charge in [-0.05, 0) is 54.8 Å². The van der Waals surface area contributed by atoms with Crippen LogP contribution in [0.2, 0.25) is 0 Å². The maximum absolute atomic E-state index is 12.4. The highest BCUT2D eigenvalue weighted by molar-refractivity contribution is 5.87. The van der Waals surface area contributed by atoms with Crippen LogP contribution in [-0.4, -0.2) is 127 Å². The van der Waals surface area contributed by atoms with Gasteiger partial charge in [-0.1, -0.05) is 12.1 Å². The lowest BCUT2D eigenvalue weighted by Gasteiger charge is -2.45. The van der Waals surface area contributed by atoms with E-state index in [9.17, 15) is 50.8 Å². The first kappa shape index (κ1) is 33.4. The van der Waals surface area contributed by atoms with Crippen LogP contribution in [0.5, 0.6) is 23.0 Å². The highest BCUT2D eigenvalue weighted by Crippen LogP contribution is 2.31. The number of ether oxygens (including phenoxy) is 5. The SMILES string of the molecule is C[C@@H]1O[C@@H](O[C@@H]2[C@@H](O)[C@H](OCCc3ccc(O)c(O)c3)O[C@H](COC(=O)C=Cc3ccc(O)c(O)c3)[C@H]2O)[C@H](O)[C@H](O)[C@H]1O. The van der Waals surface area contributed by atoms with E-state index in [0.29, 0.717) is 11.1 Å². The molecule has 0 amide bonds. The first-order valence-corrected chi connectivity index (χ1v) is 13.7. The molecule has 15 nitrogen and oxygen atoms in total. The average molecular weight is 625 g/mol. The fraction of sp³-hybridized carbons (Fsp3) is 0.483. The Morgan fingerprint density at radius 3 is 2.16 bits per heavy atom. The molecule has 2 fully saturated rings. The molecule has 2 aromatic rings. The summed E-state index contributed by atoms with van der Waals surface area (Å²) in [6.45, 7) is 0.804. The summed E-state index contributed by atoms with van der Waals surface area (Å²) in [5, 5.41) is 90.8. The summed E-state index contributed by atoms with van der Waals surface area (Å²) in [7, 11) is 0. The van der Waals surface area contributed by atoms with Crippen LogP contribution in [0.25, 0.3) is 6.08 Å². The van der Waals surface area contributed by atoms with E-state index in [0.717, 1.165) is 6.08 Å². The summed E-state index contributed by atoms with van der Waals surface area (Å²) < 4.78 is 27.7. The van der Waals surface area contributed by atoms with Gasteiger partial charge in [0.2, 0.25) is 0 Å². The van der Waals surface area contributed by atoms with E-state index in [1.165, 1.54) is 43.3 Å². The third-order valence-electron chi connectivity index (χ3n) is 7.26. The van der Waals surface area contributed by atoms with Gasteiger partial charge in [-0.25, -0.2) is 4.79 Å². The third kappa shape index (κ3) is 7.95. The largest absolute Gasteiger partial charge is 0.504 e. The highest BCUT2D eigenvalue weighted by Gasteiger charge is 2.50. The predicted octanol–water partition coefficient (Wildman–Crippen LogP) is -1.02. The molecule has 2 aliphatic heterocycles. The molecule has 2 aliphatic rings. The zero-order chi connectivity index (χ0) is 32.1. The van der Waals surface area contributed by atoms with Crippen LogP contribution in [0.3, 0.4) is 0 Å². The molecule has 2 aromatic carbocycles. The number of carbonyl (C=O) groups excluding carboxylic acids is 1. The van der Waals surface area contributed by atoms with Crippen molar-refractivity contribution in [1.82, 2.24) is 0 Å². The summed E-state index contributed by atoms with van der Waals surface area (Å²) in [4.78, 5) is 12.4. The maximum atomic E-state index is 12.4. The number of aliphatic hydroxyl groups excluding tert-OH is 5. The van der Waals surface area contributed by atoms with Gasteiger partial charge in [-0.2, -0.15) is 0 Å².